The van der Waals surface area contributed by atoms with E-state index in [9.17, 15) is 0 Å². The van der Waals surface area contributed by atoms with Crippen LogP contribution >= 0.6 is 0 Å². The molecule has 0 aliphatic heterocycles. The number of aromatic nitrogens is 2. The summed E-state index contributed by atoms with van der Waals surface area (Å²) in [5, 5.41) is 10.3. The molecule has 0 saturated heterocycles. The second-order valence-electron chi connectivity index (χ2n) is 20.8. The zero-order valence-electron chi connectivity index (χ0n) is 39.7. The number of rotatable bonds is 4. The molecule has 330 valence electrons. The first kappa shape index (κ1) is 39.5. The Hall–Kier alpha value is -8.46. The van der Waals surface area contributed by atoms with Gasteiger partial charge in [-0.2, -0.15) is 0 Å². The molecule has 70 heavy (non-hydrogen) atoms. The van der Waals surface area contributed by atoms with E-state index in [1.54, 1.807) is 0 Å². The van der Waals surface area contributed by atoms with E-state index in [1.165, 1.54) is 143 Å². The van der Waals surface area contributed by atoms with Gasteiger partial charge in [-0.15, -0.1) is 0 Å². The van der Waals surface area contributed by atoms with Crippen LogP contribution in [-0.4, -0.2) is 9.13 Å². The molecule has 11 aromatic carbocycles. The average Bonchev–Trinajstić information content (AvgIpc) is 4.06. The zero-order chi connectivity index (χ0) is 46.6. The second kappa shape index (κ2) is 14.1. The highest BCUT2D eigenvalue weighted by atomic mass is 15.0. The smallest absolute Gasteiger partial charge is 0.0541 e. The molecule has 0 unspecified atom stereocenters. The minimum atomic E-state index is -0.230. The molecule has 13 aromatic rings. The molecule has 0 fully saturated rings. The summed E-state index contributed by atoms with van der Waals surface area (Å²) in [4.78, 5) is 0. The van der Waals surface area contributed by atoms with Crippen LogP contribution < -0.4 is 0 Å². The Bertz CT molecular complexity index is 4390. The first-order chi connectivity index (χ1) is 34.2. The lowest BCUT2D eigenvalue weighted by molar-refractivity contribution is 0.639. The van der Waals surface area contributed by atoms with Crippen LogP contribution in [0.3, 0.4) is 0 Å². The van der Waals surface area contributed by atoms with E-state index in [4.69, 9.17) is 0 Å². The van der Waals surface area contributed by atoms with E-state index in [0.717, 1.165) is 0 Å². The van der Waals surface area contributed by atoms with E-state index >= 15 is 0 Å². The standard InChI is InChI=1S/C68H48N2/c1-67(2)57-37-43(42-29-33-63-54(35-42)49-23-13-15-25-61(49)69(63)45-18-7-5-8-19-45)28-31-48(57)53-38-56-59(40-58(53)67)68(3,4)60-39-52(65-47-22-12-11-17-41(47)27-32-51(65)66(56)60)44-30-34-64-55(36-44)50-24-14-16-26-62(50)70(64)46-20-9-6-10-21-46/h5-40H,1-4H3. The van der Waals surface area contributed by atoms with E-state index in [0.29, 0.717) is 0 Å². The monoisotopic (exact) mass is 892 g/mol. The van der Waals surface area contributed by atoms with Crippen LogP contribution in [0.4, 0.5) is 0 Å². The zero-order valence-corrected chi connectivity index (χ0v) is 39.7. The lowest BCUT2D eigenvalue weighted by Gasteiger charge is -2.26. The lowest BCUT2D eigenvalue weighted by atomic mass is 9.77. The lowest BCUT2D eigenvalue weighted by Crippen LogP contribution is -2.19. The number of para-hydroxylation sites is 4. The van der Waals surface area contributed by atoms with Crippen molar-refractivity contribution in [3.63, 3.8) is 0 Å². The summed E-state index contributed by atoms with van der Waals surface area (Å²) in [7, 11) is 0. The maximum atomic E-state index is 2.59. The molecular formula is C68H48N2. The Kier molecular flexibility index (Phi) is 7.94. The van der Waals surface area contributed by atoms with Gasteiger partial charge in [0.2, 0.25) is 0 Å². The van der Waals surface area contributed by atoms with E-state index in [1.807, 2.05) is 0 Å². The van der Waals surface area contributed by atoms with Gasteiger partial charge in [-0.25, -0.2) is 0 Å². The molecule has 0 radical (unpaired) electrons. The summed E-state index contributed by atoms with van der Waals surface area (Å²) in [6.07, 6.45) is 0. The van der Waals surface area contributed by atoms with Gasteiger partial charge in [0.25, 0.3) is 0 Å². The van der Waals surface area contributed by atoms with Gasteiger partial charge in [-0.05, 0) is 167 Å². The van der Waals surface area contributed by atoms with Crippen LogP contribution in [0.2, 0.25) is 0 Å². The molecule has 0 saturated carbocycles. The summed E-state index contributed by atoms with van der Waals surface area (Å²) in [6, 6.07) is 82.1. The van der Waals surface area contributed by atoms with Crippen molar-refractivity contribution >= 4 is 65.2 Å². The average molecular weight is 893 g/mol. The summed E-state index contributed by atoms with van der Waals surface area (Å²) in [5.41, 5.74) is 22.9. The molecule has 0 N–H and O–H groups in total. The van der Waals surface area contributed by atoms with Crippen LogP contribution in [0, 0.1) is 0 Å². The Morgan fingerprint density at radius 1 is 0.286 bits per heavy atom. The van der Waals surface area contributed by atoms with Gasteiger partial charge >= 0.3 is 0 Å². The maximum Gasteiger partial charge on any atom is 0.0541 e. The predicted molar refractivity (Wildman–Crippen MR) is 296 cm³/mol. The number of nitrogens with zero attached hydrogens (tertiary/aromatic N) is 2. The van der Waals surface area contributed by atoms with Crippen LogP contribution in [0.1, 0.15) is 49.9 Å². The Morgan fingerprint density at radius 2 is 0.786 bits per heavy atom. The molecule has 0 bridgehead atoms. The quantitative estimate of drug-likeness (QED) is 0.156. The maximum absolute atomic E-state index is 2.59. The number of fused-ring (bicyclic) bond motifs is 16. The van der Waals surface area contributed by atoms with Crippen molar-refractivity contribution < 1.29 is 0 Å². The molecule has 2 aliphatic rings. The predicted octanol–water partition coefficient (Wildman–Crippen LogP) is 18.1. The molecule has 2 heterocycles. The van der Waals surface area contributed by atoms with Crippen LogP contribution in [0.25, 0.3) is 121 Å². The van der Waals surface area contributed by atoms with Gasteiger partial charge in [-0.1, -0.05) is 167 Å². The molecule has 0 amide bonds. The van der Waals surface area contributed by atoms with Gasteiger partial charge in [0.05, 0.1) is 22.1 Å². The van der Waals surface area contributed by atoms with E-state index in [2.05, 4.69) is 255 Å². The van der Waals surface area contributed by atoms with Gasteiger partial charge in [-0.3, -0.25) is 0 Å². The highest BCUT2D eigenvalue weighted by Gasteiger charge is 2.43. The third-order valence-corrected chi connectivity index (χ3v) is 16.5. The first-order valence-corrected chi connectivity index (χ1v) is 24.8. The molecule has 0 spiro atoms. The van der Waals surface area contributed by atoms with Gasteiger partial charge in [0, 0.05) is 43.7 Å². The summed E-state index contributed by atoms with van der Waals surface area (Å²) < 4.78 is 4.81. The third-order valence-electron chi connectivity index (χ3n) is 16.5. The Labute approximate surface area is 407 Å². The van der Waals surface area contributed by atoms with Crippen molar-refractivity contribution in [3.8, 4) is 55.9 Å². The highest BCUT2D eigenvalue weighted by Crippen LogP contribution is 2.59. The van der Waals surface area contributed by atoms with Gasteiger partial charge in [0.1, 0.15) is 0 Å². The van der Waals surface area contributed by atoms with Crippen molar-refractivity contribution in [1.29, 1.82) is 0 Å². The molecule has 15 rings (SSSR count). The van der Waals surface area contributed by atoms with E-state index in [-0.39, 0.29) is 10.8 Å². The van der Waals surface area contributed by atoms with Gasteiger partial charge in [0.15, 0.2) is 0 Å². The van der Waals surface area contributed by atoms with Crippen LogP contribution in [0.15, 0.2) is 218 Å². The molecule has 2 heteroatoms. The minimum absolute atomic E-state index is 0.189. The van der Waals surface area contributed by atoms with Crippen molar-refractivity contribution in [2.75, 3.05) is 0 Å². The number of hydrogen-bond acceptors (Lipinski definition) is 0. The van der Waals surface area contributed by atoms with Crippen molar-refractivity contribution in [1.82, 2.24) is 9.13 Å². The molecular weight excluding hydrogens is 845 g/mol. The Balaban J connectivity index is 0.903. The highest BCUT2D eigenvalue weighted by molar-refractivity contribution is 6.21. The normalized spacial score (nSPS) is 14.2. The van der Waals surface area contributed by atoms with E-state index < -0.39 is 0 Å². The fourth-order valence-electron chi connectivity index (χ4n) is 13.0. The van der Waals surface area contributed by atoms with Crippen molar-refractivity contribution in [2.45, 2.75) is 38.5 Å². The Morgan fingerprint density at radius 3 is 1.46 bits per heavy atom. The molecule has 2 nitrogen and oxygen atoms in total. The second-order valence-corrected chi connectivity index (χ2v) is 20.8. The molecule has 0 atom stereocenters. The summed E-state index contributed by atoms with van der Waals surface area (Å²) >= 11 is 0. The molecule has 2 aliphatic carbocycles. The van der Waals surface area contributed by atoms with Gasteiger partial charge < -0.3 is 9.13 Å². The van der Waals surface area contributed by atoms with Crippen LogP contribution in [-0.2, 0) is 10.8 Å². The number of benzene rings is 11. The topological polar surface area (TPSA) is 9.86 Å². The van der Waals surface area contributed by atoms with Crippen molar-refractivity contribution in [2.24, 2.45) is 0 Å². The number of hydrogen-bond donors (Lipinski definition) is 0. The third kappa shape index (κ3) is 5.28. The fraction of sp³-hybridized carbons (Fsp3) is 0.0882. The SMILES string of the molecule is CC1(C)c2cc(-c3ccc4c(c3)c3ccccc3n4-c3ccccc3)ccc2-c2cc3c(cc21)C(C)(C)c1cc(-c2ccc4c(c2)c2ccccc2n4-c2ccccc2)c2c(ccc4ccccc42)c1-3. The van der Waals surface area contributed by atoms with Crippen LogP contribution in [0.5, 0.6) is 0 Å². The minimum Gasteiger partial charge on any atom is -0.309 e. The summed E-state index contributed by atoms with van der Waals surface area (Å²) in [5.74, 6) is 0. The fourth-order valence-corrected chi connectivity index (χ4v) is 13.0. The largest absolute Gasteiger partial charge is 0.309 e. The summed E-state index contributed by atoms with van der Waals surface area (Å²) in [6.45, 7) is 9.78. The first-order valence-electron chi connectivity index (χ1n) is 24.8. The molecule has 2 aromatic heterocycles. The van der Waals surface area contributed by atoms with Crippen molar-refractivity contribution in [3.05, 3.63) is 241 Å².